The van der Waals surface area contributed by atoms with Crippen LogP contribution in [0.5, 0.6) is 0 Å². The number of likely N-dealkylation sites (N-methyl/N-ethyl adjacent to an activating group) is 1. The third-order valence-electron chi connectivity index (χ3n) is 5.58. The van der Waals surface area contributed by atoms with Crippen molar-refractivity contribution in [3.8, 4) is 22.8 Å². The Morgan fingerprint density at radius 2 is 1.91 bits per heavy atom. The summed E-state index contributed by atoms with van der Waals surface area (Å²) in [5.74, 6) is 0.360. The van der Waals surface area contributed by atoms with Crippen LogP contribution in [0.2, 0.25) is 5.02 Å². The minimum absolute atomic E-state index is 0.182. The molecule has 0 atom stereocenters. The predicted molar refractivity (Wildman–Crippen MR) is 131 cm³/mol. The molecule has 0 saturated heterocycles. The van der Waals surface area contributed by atoms with Crippen LogP contribution in [-0.2, 0) is 17.9 Å². The third kappa shape index (κ3) is 4.58. The van der Waals surface area contributed by atoms with Crippen molar-refractivity contribution in [2.45, 2.75) is 20.0 Å². The summed E-state index contributed by atoms with van der Waals surface area (Å²) in [5, 5.41) is 9.01. The molecule has 0 bridgehead atoms. The van der Waals surface area contributed by atoms with Crippen molar-refractivity contribution < 1.29 is 9.32 Å². The number of rotatable bonds is 7. The van der Waals surface area contributed by atoms with Crippen molar-refractivity contribution in [3.63, 3.8) is 0 Å². The van der Waals surface area contributed by atoms with Crippen molar-refractivity contribution in [2.75, 3.05) is 6.54 Å². The van der Waals surface area contributed by atoms with Crippen LogP contribution in [0, 0.1) is 0 Å². The van der Waals surface area contributed by atoms with E-state index in [2.05, 4.69) is 15.2 Å². The molecule has 3 heterocycles. The van der Waals surface area contributed by atoms with Gasteiger partial charge in [0.15, 0.2) is 5.65 Å². The van der Waals surface area contributed by atoms with Crippen LogP contribution in [0.25, 0.3) is 28.5 Å². The first-order valence-corrected chi connectivity index (χ1v) is 11.4. The molecule has 35 heavy (non-hydrogen) atoms. The Hall–Kier alpha value is -4.24. The van der Waals surface area contributed by atoms with Gasteiger partial charge < -0.3 is 9.42 Å². The Bertz CT molecular complexity index is 1560. The smallest absolute Gasteiger partial charge is 0.337 e. The number of fused-ring (bicyclic) bond motifs is 1. The van der Waals surface area contributed by atoms with Gasteiger partial charge in [-0.25, -0.2) is 13.9 Å². The molecule has 9 nitrogen and oxygen atoms in total. The van der Waals surface area contributed by atoms with E-state index in [4.69, 9.17) is 16.1 Å². The normalized spacial score (nSPS) is 11.1. The summed E-state index contributed by atoms with van der Waals surface area (Å²) in [6, 6.07) is 20.2. The molecule has 0 aliphatic heterocycles. The molecule has 1 amide bonds. The average molecular weight is 489 g/mol. The molecule has 3 aromatic heterocycles. The number of amides is 1. The number of hydrogen-bond acceptors (Lipinski definition) is 6. The van der Waals surface area contributed by atoms with E-state index < -0.39 is 5.69 Å². The summed E-state index contributed by atoms with van der Waals surface area (Å²) in [4.78, 5) is 32.1. The van der Waals surface area contributed by atoms with Gasteiger partial charge in [0.1, 0.15) is 6.54 Å². The molecule has 10 heteroatoms. The lowest BCUT2D eigenvalue weighted by atomic mass is 10.2. The van der Waals surface area contributed by atoms with Gasteiger partial charge in [-0.15, -0.1) is 5.10 Å². The van der Waals surface area contributed by atoms with E-state index in [1.807, 2.05) is 43.3 Å². The van der Waals surface area contributed by atoms with E-state index in [1.165, 1.54) is 4.40 Å². The van der Waals surface area contributed by atoms with E-state index in [0.29, 0.717) is 40.7 Å². The van der Waals surface area contributed by atoms with Crippen molar-refractivity contribution in [3.05, 3.63) is 94.0 Å². The Morgan fingerprint density at radius 3 is 2.69 bits per heavy atom. The number of pyridine rings is 1. The molecule has 0 saturated carbocycles. The minimum atomic E-state index is -0.430. The van der Waals surface area contributed by atoms with Crippen molar-refractivity contribution >= 4 is 23.2 Å². The number of carbonyl (C=O) groups excluding carboxylic acids is 1. The lowest BCUT2D eigenvalue weighted by Gasteiger charge is -2.20. The van der Waals surface area contributed by atoms with Gasteiger partial charge >= 0.3 is 5.69 Å². The van der Waals surface area contributed by atoms with E-state index >= 15 is 0 Å². The maximum absolute atomic E-state index is 13.0. The molecule has 0 spiro atoms. The van der Waals surface area contributed by atoms with Gasteiger partial charge in [-0.1, -0.05) is 59.2 Å². The molecular formula is C25H21ClN6O3. The number of halogens is 1. The summed E-state index contributed by atoms with van der Waals surface area (Å²) in [6.45, 7) is 2.68. The Balaban J connectivity index is 1.44. The van der Waals surface area contributed by atoms with Crippen LogP contribution in [-0.4, -0.2) is 41.7 Å². The largest absolute Gasteiger partial charge is 0.350 e. The van der Waals surface area contributed by atoms with Crippen LogP contribution in [0.3, 0.4) is 0 Å². The monoisotopic (exact) mass is 488 g/mol. The topological polar surface area (TPSA) is 98.5 Å². The first-order chi connectivity index (χ1) is 17.0. The predicted octanol–water partition coefficient (Wildman–Crippen LogP) is 3.92. The molecule has 0 unspecified atom stereocenters. The van der Waals surface area contributed by atoms with Gasteiger partial charge in [-0.3, -0.25) is 4.79 Å². The summed E-state index contributed by atoms with van der Waals surface area (Å²) >= 11 is 6.07. The number of carbonyl (C=O) groups is 1. The molecule has 0 radical (unpaired) electrons. The number of benzene rings is 2. The second kappa shape index (κ2) is 9.55. The molecule has 5 aromatic rings. The number of hydrogen-bond donors (Lipinski definition) is 0. The quantitative estimate of drug-likeness (QED) is 0.344. The lowest BCUT2D eigenvalue weighted by molar-refractivity contribution is -0.132. The lowest BCUT2D eigenvalue weighted by Crippen LogP contribution is -2.36. The molecule has 0 aliphatic rings. The zero-order valence-corrected chi connectivity index (χ0v) is 19.6. The summed E-state index contributed by atoms with van der Waals surface area (Å²) in [7, 11) is 0. The Labute approximate surface area is 205 Å². The van der Waals surface area contributed by atoms with Crippen LogP contribution in [0.4, 0.5) is 0 Å². The Morgan fingerprint density at radius 1 is 1.09 bits per heavy atom. The van der Waals surface area contributed by atoms with Gasteiger partial charge in [0.05, 0.1) is 5.56 Å². The first kappa shape index (κ1) is 22.5. The van der Waals surface area contributed by atoms with Gasteiger partial charge in [0, 0.05) is 29.9 Å². The summed E-state index contributed by atoms with van der Waals surface area (Å²) < 4.78 is 7.98. The Kier molecular flexibility index (Phi) is 6.15. The van der Waals surface area contributed by atoms with Gasteiger partial charge in [0.2, 0.25) is 11.7 Å². The van der Waals surface area contributed by atoms with E-state index in [0.717, 1.165) is 10.2 Å². The van der Waals surface area contributed by atoms with E-state index in [-0.39, 0.29) is 18.3 Å². The van der Waals surface area contributed by atoms with Crippen LogP contribution in [0.1, 0.15) is 12.5 Å². The molecule has 0 aliphatic carbocycles. The van der Waals surface area contributed by atoms with Crippen molar-refractivity contribution in [1.29, 1.82) is 0 Å². The van der Waals surface area contributed by atoms with Gasteiger partial charge in [0.25, 0.3) is 5.89 Å². The molecule has 176 valence electrons. The molecule has 0 fully saturated rings. The highest BCUT2D eigenvalue weighted by Crippen LogP contribution is 2.25. The molecule has 5 rings (SSSR count). The maximum Gasteiger partial charge on any atom is 0.350 e. The molecule has 0 N–H and O–H groups in total. The zero-order valence-electron chi connectivity index (χ0n) is 18.8. The van der Waals surface area contributed by atoms with Crippen LogP contribution >= 0.6 is 11.6 Å². The average Bonchev–Trinajstić information content (AvgIpc) is 3.48. The third-order valence-corrected chi connectivity index (χ3v) is 5.82. The minimum Gasteiger partial charge on any atom is -0.337 e. The summed E-state index contributed by atoms with van der Waals surface area (Å²) in [5.41, 5.74) is 2.08. The number of nitrogens with zero attached hydrogens (tertiary/aromatic N) is 6. The highest BCUT2D eigenvalue weighted by Gasteiger charge is 2.20. The second-order valence-corrected chi connectivity index (χ2v) is 8.32. The van der Waals surface area contributed by atoms with Crippen molar-refractivity contribution in [1.82, 2.24) is 29.2 Å². The van der Waals surface area contributed by atoms with Crippen LogP contribution in [0.15, 0.2) is 82.2 Å². The SMILES string of the molecule is CCN(Cc1ccccc1)C(=O)Cn1nc2c(-c3nc(-c4cccc(Cl)c4)no3)cccn2c1=O. The summed E-state index contributed by atoms with van der Waals surface area (Å²) in [6.07, 6.45) is 1.59. The van der Waals surface area contributed by atoms with Gasteiger partial charge in [-0.2, -0.15) is 4.98 Å². The fourth-order valence-electron chi connectivity index (χ4n) is 3.79. The van der Waals surface area contributed by atoms with Gasteiger partial charge in [-0.05, 0) is 36.8 Å². The van der Waals surface area contributed by atoms with E-state index in [9.17, 15) is 9.59 Å². The molecule has 2 aromatic carbocycles. The van der Waals surface area contributed by atoms with E-state index in [1.54, 1.807) is 41.4 Å². The first-order valence-electron chi connectivity index (χ1n) is 11.0. The number of aromatic nitrogens is 5. The molecular weight excluding hydrogens is 468 g/mol. The second-order valence-electron chi connectivity index (χ2n) is 7.88. The van der Waals surface area contributed by atoms with Crippen molar-refractivity contribution in [2.24, 2.45) is 0 Å². The fraction of sp³-hybridized carbons (Fsp3) is 0.160. The highest BCUT2D eigenvalue weighted by molar-refractivity contribution is 6.30. The zero-order chi connectivity index (χ0) is 24.4. The fourth-order valence-corrected chi connectivity index (χ4v) is 3.98. The maximum atomic E-state index is 13.0. The van der Waals surface area contributed by atoms with Crippen LogP contribution < -0.4 is 5.69 Å². The standard InChI is InChI=1S/C25H21ClN6O3/c1-2-30(15-17-8-4-3-5-9-17)21(33)16-32-25(34)31-13-7-12-20(23(31)28-32)24-27-22(29-35-24)18-10-6-11-19(26)14-18/h3-14H,2,15-16H2,1H3. The highest BCUT2D eigenvalue weighted by atomic mass is 35.5.